The van der Waals surface area contributed by atoms with Crippen molar-refractivity contribution in [1.29, 1.82) is 0 Å². The van der Waals surface area contributed by atoms with E-state index < -0.39 is 5.82 Å². The van der Waals surface area contributed by atoms with Crippen LogP contribution in [0.3, 0.4) is 0 Å². The number of nitrogens with zero attached hydrogens (tertiary/aromatic N) is 2. The Morgan fingerprint density at radius 2 is 2.04 bits per heavy atom. The Bertz CT molecular complexity index is 842. The van der Waals surface area contributed by atoms with Gasteiger partial charge in [-0.05, 0) is 30.0 Å². The predicted octanol–water partition coefficient (Wildman–Crippen LogP) is 4.08. The van der Waals surface area contributed by atoms with Crippen molar-refractivity contribution < 1.29 is 13.9 Å². The van der Waals surface area contributed by atoms with Crippen molar-refractivity contribution in [2.24, 2.45) is 0 Å². The van der Waals surface area contributed by atoms with Crippen molar-refractivity contribution in [3.63, 3.8) is 0 Å². The molecule has 0 saturated carbocycles. The summed E-state index contributed by atoms with van der Waals surface area (Å²) >= 11 is 1.67. The molecule has 0 saturated heterocycles. The lowest BCUT2D eigenvalue weighted by atomic mass is 10.2. The minimum absolute atomic E-state index is 0.148. The van der Waals surface area contributed by atoms with Gasteiger partial charge in [-0.15, -0.1) is 11.8 Å². The van der Waals surface area contributed by atoms with Crippen LogP contribution in [-0.2, 0) is 6.61 Å². The molecule has 0 amide bonds. The standard InChI is InChI=1S/C17H15FN2O2S/c1-21-16-8-15-13(7-14(16)18)17(20-10-19-15)22-9-11-4-3-5-12(6-11)23-2/h3-8,10H,9H2,1-2H3. The monoisotopic (exact) mass is 330 g/mol. The Morgan fingerprint density at radius 3 is 2.83 bits per heavy atom. The number of benzene rings is 2. The summed E-state index contributed by atoms with van der Waals surface area (Å²) in [6.07, 6.45) is 3.42. The summed E-state index contributed by atoms with van der Waals surface area (Å²) in [4.78, 5) is 9.41. The molecule has 1 heterocycles. The molecule has 0 aliphatic rings. The van der Waals surface area contributed by atoms with E-state index in [0.717, 1.165) is 10.5 Å². The molecule has 0 bridgehead atoms. The third-order valence-electron chi connectivity index (χ3n) is 3.38. The van der Waals surface area contributed by atoms with E-state index in [1.54, 1.807) is 11.8 Å². The molecule has 23 heavy (non-hydrogen) atoms. The second-order valence-electron chi connectivity index (χ2n) is 4.82. The van der Waals surface area contributed by atoms with Crippen LogP contribution in [0.2, 0.25) is 0 Å². The zero-order valence-electron chi connectivity index (χ0n) is 12.7. The molecule has 0 N–H and O–H groups in total. The second-order valence-corrected chi connectivity index (χ2v) is 5.70. The summed E-state index contributed by atoms with van der Waals surface area (Å²) in [6.45, 7) is 0.355. The number of rotatable bonds is 5. The first-order valence-electron chi connectivity index (χ1n) is 6.95. The molecule has 118 valence electrons. The maximum atomic E-state index is 13.9. The highest BCUT2D eigenvalue weighted by Crippen LogP contribution is 2.28. The molecular weight excluding hydrogens is 315 g/mol. The van der Waals surface area contributed by atoms with E-state index >= 15 is 0 Å². The van der Waals surface area contributed by atoms with Crippen molar-refractivity contribution in [1.82, 2.24) is 9.97 Å². The van der Waals surface area contributed by atoms with Crippen LogP contribution in [0, 0.1) is 5.82 Å². The average molecular weight is 330 g/mol. The van der Waals surface area contributed by atoms with Crippen molar-refractivity contribution >= 4 is 22.7 Å². The number of thioether (sulfide) groups is 1. The fourth-order valence-corrected chi connectivity index (χ4v) is 2.70. The van der Waals surface area contributed by atoms with Gasteiger partial charge < -0.3 is 9.47 Å². The van der Waals surface area contributed by atoms with E-state index in [9.17, 15) is 4.39 Å². The summed E-state index contributed by atoms with van der Waals surface area (Å²) < 4.78 is 24.7. The molecule has 0 aliphatic heterocycles. The third kappa shape index (κ3) is 3.37. The van der Waals surface area contributed by atoms with Gasteiger partial charge in [0, 0.05) is 11.0 Å². The van der Waals surface area contributed by atoms with Gasteiger partial charge >= 0.3 is 0 Å². The minimum atomic E-state index is -0.468. The van der Waals surface area contributed by atoms with Gasteiger partial charge in [0.2, 0.25) is 5.88 Å². The number of ether oxygens (including phenoxy) is 2. The molecule has 3 aromatic rings. The fourth-order valence-electron chi connectivity index (χ4n) is 2.22. The predicted molar refractivity (Wildman–Crippen MR) is 88.6 cm³/mol. The summed E-state index contributed by atoms with van der Waals surface area (Å²) in [5, 5.41) is 0.520. The Hall–Kier alpha value is -2.34. The summed E-state index contributed by atoms with van der Waals surface area (Å²) in [5.74, 6) is 0.0324. The van der Waals surface area contributed by atoms with Crippen LogP contribution in [0.25, 0.3) is 10.9 Å². The van der Waals surface area contributed by atoms with Crippen molar-refractivity contribution in [3.8, 4) is 11.6 Å². The van der Waals surface area contributed by atoms with Gasteiger partial charge in [0.05, 0.1) is 18.0 Å². The first-order valence-corrected chi connectivity index (χ1v) is 8.17. The van der Waals surface area contributed by atoms with Gasteiger partial charge in [0.1, 0.15) is 12.9 Å². The van der Waals surface area contributed by atoms with E-state index in [1.165, 1.54) is 25.6 Å². The number of halogens is 1. The Morgan fingerprint density at radius 1 is 1.17 bits per heavy atom. The zero-order valence-corrected chi connectivity index (χ0v) is 13.6. The van der Waals surface area contributed by atoms with Crippen LogP contribution in [0.4, 0.5) is 4.39 Å². The highest BCUT2D eigenvalue weighted by Gasteiger charge is 2.11. The topological polar surface area (TPSA) is 44.2 Å². The van der Waals surface area contributed by atoms with E-state index in [-0.39, 0.29) is 5.75 Å². The van der Waals surface area contributed by atoms with Crippen LogP contribution in [-0.4, -0.2) is 23.3 Å². The normalized spacial score (nSPS) is 10.7. The number of fused-ring (bicyclic) bond motifs is 1. The van der Waals surface area contributed by atoms with Gasteiger partial charge in [-0.3, -0.25) is 0 Å². The van der Waals surface area contributed by atoms with E-state index in [1.807, 2.05) is 24.5 Å². The van der Waals surface area contributed by atoms with Gasteiger partial charge in [-0.2, -0.15) is 0 Å². The molecule has 0 radical (unpaired) electrons. The fraction of sp³-hybridized carbons (Fsp3) is 0.176. The Balaban J connectivity index is 1.89. The maximum absolute atomic E-state index is 13.9. The molecule has 0 unspecified atom stereocenters. The molecule has 0 aliphatic carbocycles. The molecule has 2 aromatic carbocycles. The number of hydrogen-bond donors (Lipinski definition) is 0. The van der Waals surface area contributed by atoms with E-state index in [2.05, 4.69) is 16.0 Å². The van der Waals surface area contributed by atoms with Crippen LogP contribution < -0.4 is 9.47 Å². The quantitative estimate of drug-likeness (QED) is 0.660. The molecular formula is C17H15FN2O2S. The van der Waals surface area contributed by atoms with E-state index in [4.69, 9.17) is 9.47 Å². The highest BCUT2D eigenvalue weighted by atomic mass is 32.2. The first kappa shape index (κ1) is 15.6. The molecule has 0 fully saturated rings. The number of hydrogen-bond acceptors (Lipinski definition) is 5. The van der Waals surface area contributed by atoms with Crippen LogP contribution in [0.5, 0.6) is 11.6 Å². The minimum Gasteiger partial charge on any atom is -0.494 e. The number of aromatic nitrogens is 2. The average Bonchev–Trinajstić information content (AvgIpc) is 2.59. The highest BCUT2D eigenvalue weighted by molar-refractivity contribution is 7.98. The van der Waals surface area contributed by atoms with Crippen LogP contribution in [0.1, 0.15) is 5.56 Å². The molecule has 0 atom stereocenters. The second kappa shape index (κ2) is 6.83. The maximum Gasteiger partial charge on any atom is 0.224 e. The Labute approximate surface area is 137 Å². The summed E-state index contributed by atoms with van der Waals surface area (Å²) in [7, 11) is 1.42. The van der Waals surface area contributed by atoms with Gasteiger partial charge in [-0.1, -0.05) is 12.1 Å². The van der Waals surface area contributed by atoms with E-state index in [0.29, 0.717) is 23.4 Å². The van der Waals surface area contributed by atoms with Crippen LogP contribution in [0.15, 0.2) is 47.6 Å². The van der Waals surface area contributed by atoms with Crippen molar-refractivity contribution in [3.05, 3.63) is 54.1 Å². The van der Waals surface area contributed by atoms with Crippen molar-refractivity contribution in [2.75, 3.05) is 13.4 Å². The lowest BCUT2D eigenvalue weighted by Gasteiger charge is -2.10. The van der Waals surface area contributed by atoms with Gasteiger partial charge in [0.15, 0.2) is 11.6 Å². The third-order valence-corrected chi connectivity index (χ3v) is 4.11. The smallest absolute Gasteiger partial charge is 0.224 e. The largest absolute Gasteiger partial charge is 0.494 e. The lowest BCUT2D eigenvalue weighted by molar-refractivity contribution is 0.297. The molecule has 3 rings (SSSR count). The Kier molecular flexibility index (Phi) is 4.62. The van der Waals surface area contributed by atoms with Gasteiger partial charge in [-0.25, -0.2) is 14.4 Å². The summed E-state index contributed by atoms with van der Waals surface area (Å²) in [6, 6.07) is 10.9. The SMILES string of the molecule is COc1cc2ncnc(OCc3cccc(SC)c3)c2cc1F. The van der Waals surface area contributed by atoms with Crippen molar-refractivity contribution in [2.45, 2.75) is 11.5 Å². The molecule has 0 spiro atoms. The first-order chi connectivity index (χ1) is 11.2. The zero-order chi connectivity index (χ0) is 16.2. The lowest BCUT2D eigenvalue weighted by Crippen LogP contribution is -1.99. The van der Waals surface area contributed by atoms with Gasteiger partial charge in [0.25, 0.3) is 0 Å². The molecule has 1 aromatic heterocycles. The summed E-state index contributed by atoms with van der Waals surface area (Å²) in [5.41, 5.74) is 1.60. The van der Waals surface area contributed by atoms with Crippen LogP contribution >= 0.6 is 11.8 Å². The number of methoxy groups -OCH3 is 1. The molecule has 4 nitrogen and oxygen atoms in total. The molecule has 6 heteroatoms.